The minimum Gasteiger partial charge on any atom is -0.492 e. The van der Waals surface area contributed by atoms with Crippen LogP contribution >= 0.6 is 15.9 Å². The molecule has 0 saturated carbocycles. The van der Waals surface area contributed by atoms with Gasteiger partial charge in [0.05, 0.1) is 16.6 Å². The number of carbonyl (C=O) groups is 1. The summed E-state index contributed by atoms with van der Waals surface area (Å²) in [5.41, 5.74) is 1.70. The second-order valence-electron chi connectivity index (χ2n) is 3.06. The van der Waals surface area contributed by atoms with Crippen LogP contribution in [0.3, 0.4) is 0 Å². The van der Waals surface area contributed by atoms with E-state index in [2.05, 4.69) is 15.9 Å². The van der Waals surface area contributed by atoms with Gasteiger partial charge in [0.15, 0.2) is 5.78 Å². The summed E-state index contributed by atoms with van der Waals surface area (Å²) < 4.78 is 6.31. The van der Waals surface area contributed by atoms with Gasteiger partial charge in [0.25, 0.3) is 0 Å². The van der Waals surface area contributed by atoms with Crippen LogP contribution < -0.4 is 4.74 Å². The molecule has 3 heteroatoms. The van der Waals surface area contributed by atoms with Crippen molar-refractivity contribution in [2.45, 2.75) is 20.8 Å². The fraction of sp³-hybridized carbons (Fsp3) is 0.364. The van der Waals surface area contributed by atoms with Crippen LogP contribution in [0.1, 0.15) is 29.8 Å². The highest BCUT2D eigenvalue weighted by atomic mass is 79.9. The van der Waals surface area contributed by atoms with Crippen LogP contribution in [0.4, 0.5) is 0 Å². The van der Waals surface area contributed by atoms with E-state index >= 15 is 0 Å². The summed E-state index contributed by atoms with van der Waals surface area (Å²) in [6.45, 7) is 5.97. The standard InChI is InChI=1S/C11H13BrO2/c1-4-14-11-9(8(3)13)6-5-7(2)10(11)12/h5-6H,4H2,1-3H3. The van der Waals surface area contributed by atoms with Crippen LogP contribution in [-0.2, 0) is 0 Å². The first-order valence-corrected chi connectivity index (χ1v) is 5.30. The first-order chi connectivity index (χ1) is 6.57. The molecule has 14 heavy (non-hydrogen) atoms. The quantitative estimate of drug-likeness (QED) is 0.776. The van der Waals surface area contributed by atoms with Crippen LogP contribution in [0.5, 0.6) is 5.75 Å². The lowest BCUT2D eigenvalue weighted by Gasteiger charge is -2.11. The number of hydrogen-bond donors (Lipinski definition) is 0. The zero-order valence-electron chi connectivity index (χ0n) is 8.56. The second-order valence-corrected chi connectivity index (χ2v) is 3.86. The Kier molecular flexibility index (Phi) is 3.69. The van der Waals surface area contributed by atoms with E-state index in [1.54, 1.807) is 13.0 Å². The minimum atomic E-state index is 0.0224. The highest BCUT2D eigenvalue weighted by Crippen LogP contribution is 2.32. The number of ether oxygens (including phenoxy) is 1. The normalized spacial score (nSPS) is 10.0. The van der Waals surface area contributed by atoms with Crippen LogP contribution in [0.25, 0.3) is 0 Å². The fourth-order valence-electron chi connectivity index (χ4n) is 1.22. The maximum atomic E-state index is 11.3. The molecule has 0 aromatic heterocycles. The van der Waals surface area contributed by atoms with Gasteiger partial charge in [0.2, 0.25) is 0 Å². The van der Waals surface area contributed by atoms with E-state index in [1.165, 1.54) is 0 Å². The summed E-state index contributed by atoms with van der Waals surface area (Å²) in [5.74, 6) is 0.675. The van der Waals surface area contributed by atoms with E-state index in [0.717, 1.165) is 10.0 Å². The summed E-state index contributed by atoms with van der Waals surface area (Å²) in [6.07, 6.45) is 0. The van der Waals surface area contributed by atoms with Gasteiger partial charge in [0.1, 0.15) is 5.75 Å². The predicted molar refractivity (Wildman–Crippen MR) is 60.1 cm³/mol. The van der Waals surface area contributed by atoms with Gasteiger partial charge in [-0.3, -0.25) is 4.79 Å². The lowest BCUT2D eigenvalue weighted by Crippen LogP contribution is -2.02. The van der Waals surface area contributed by atoms with Gasteiger partial charge in [-0.05, 0) is 48.3 Å². The number of aryl methyl sites for hydroxylation is 1. The third-order valence-electron chi connectivity index (χ3n) is 1.96. The number of Topliss-reactive ketones (excluding diaryl/α,β-unsaturated/α-hetero) is 1. The third-order valence-corrected chi connectivity index (χ3v) is 2.94. The van der Waals surface area contributed by atoms with Gasteiger partial charge in [-0.15, -0.1) is 0 Å². The SMILES string of the molecule is CCOc1c(C(C)=O)ccc(C)c1Br. The Bertz CT molecular complexity index is 359. The van der Waals surface area contributed by atoms with E-state index in [9.17, 15) is 4.79 Å². The molecule has 0 heterocycles. The van der Waals surface area contributed by atoms with Gasteiger partial charge in [-0.1, -0.05) is 6.07 Å². The molecule has 0 aliphatic rings. The molecule has 76 valence electrons. The Morgan fingerprint density at radius 3 is 2.64 bits per heavy atom. The van der Waals surface area contributed by atoms with E-state index in [-0.39, 0.29) is 5.78 Å². The lowest BCUT2D eigenvalue weighted by molar-refractivity contribution is 0.101. The van der Waals surface area contributed by atoms with E-state index in [0.29, 0.717) is 17.9 Å². The molecule has 1 aromatic rings. The van der Waals surface area contributed by atoms with Gasteiger partial charge in [0, 0.05) is 0 Å². The molecule has 0 amide bonds. The zero-order valence-corrected chi connectivity index (χ0v) is 10.1. The van der Waals surface area contributed by atoms with E-state index in [1.807, 2.05) is 19.9 Å². The molecule has 0 aliphatic heterocycles. The van der Waals surface area contributed by atoms with Gasteiger partial charge < -0.3 is 4.74 Å². The number of hydrogen-bond acceptors (Lipinski definition) is 2. The summed E-state index contributed by atoms with van der Waals surface area (Å²) in [4.78, 5) is 11.3. The van der Waals surface area contributed by atoms with Crippen molar-refractivity contribution in [3.8, 4) is 5.75 Å². The minimum absolute atomic E-state index is 0.0224. The molecule has 0 unspecified atom stereocenters. The largest absolute Gasteiger partial charge is 0.492 e. The highest BCUT2D eigenvalue weighted by molar-refractivity contribution is 9.10. The Morgan fingerprint density at radius 2 is 2.14 bits per heavy atom. The molecule has 0 fully saturated rings. The second kappa shape index (κ2) is 4.60. The molecule has 0 atom stereocenters. The van der Waals surface area contributed by atoms with Crippen LogP contribution in [0.2, 0.25) is 0 Å². The third kappa shape index (κ3) is 2.15. The smallest absolute Gasteiger partial charge is 0.163 e. The van der Waals surface area contributed by atoms with E-state index in [4.69, 9.17) is 4.74 Å². The van der Waals surface area contributed by atoms with Crippen molar-refractivity contribution < 1.29 is 9.53 Å². The highest BCUT2D eigenvalue weighted by Gasteiger charge is 2.13. The molecule has 0 radical (unpaired) electrons. The van der Waals surface area contributed by atoms with Crippen molar-refractivity contribution in [2.75, 3.05) is 6.61 Å². The molecule has 0 saturated heterocycles. The number of benzene rings is 1. The van der Waals surface area contributed by atoms with Crippen molar-refractivity contribution in [3.05, 3.63) is 27.7 Å². The molecule has 1 aromatic carbocycles. The van der Waals surface area contributed by atoms with Crippen molar-refractivity contribution in [2.24, 2.45) is 0 Å². The fourth-order valence-corrected chi connectivity index (χ4v) is 1.68. The number of ketones is 1. The molecule has 0 spiro atoms. The van der Waals surface area contributed by atoms with Crippen LogP contribution in [0, 0.1) is 6.92 Å². The molecular formula is C11H13BrO2. The van der Waals surface area contributed by atoms with Crippen molar-refractivity contribution >= 4 is 21.7 Å². The van der Waals surface area contributed by atoms with Crippen molar-refractivity contribution in [1.29, 1.82) is 0 Å². The van der Waals surface area contributed by atoms with Crippen molar-refractivity contribution in [3.63, 3.8) is 0 Å². The number of carbonyl (C=O) groups excluding carboxylic acids is 1. The van der Waals surface area contributed by atoms with Crippen LogP contribution in [-0.4, -0.2) is 12.4 Å². The summed E-state index contributed by atoms with van der Waals surface area (Å²) in [5, 5.41) is 0. The van der Waals surface area contributed by atoms with Gasteiger partial charge in [-0.25, -0.2) is 0 Å². The van der Waals surface area contributed by atoms with Crippen LogP contribution in [0.15, 0.2) is 16.6 Å². The molecule has 2 nitrogen and oxygen atoms in total. The monoisotopic (exact) mass is 256 g/mol. The Hall–Kier alpha value is -0.830. The first kappa shape index (κ1) is 11.2. The van der Waals surface area contributed by atoms with Crippen molar-refractivity contribution in [1.82, 2.24) is 0 Å². The maximum Gasteiger partial charge on any atom is 0.163 e. The summed E-state index contributed by atoms with van der Waals surface area (Å²) >= 11 is 3.42. The predicted octanol–water partition coefficient (Wildman–Crippen LogP) is 3.36. The molecule has 0 bridgehead atoms. The summed E-state index contributed by atoms with van der Waals surface area (Å²) in [6, 6.07) is 3.71. The Labute approximate surface area is 92.4 Å². The Morgan fingerprint density at radius 1 is 1.50 bits per heavy atom. The number of halogens is 1. The topological polar surface area (TPSA) is 26.3 Å². The Balaban J connectivity index is 3.29. The lowest BCUT2D eigenvalue weighted by atomic mass is 10.1. The maximum absolute atomic E-state index is 11.3. The molecule has 0 N–H and O–H groups in total. The summed E-state index contributed by atoms with van der Waals surface area (Å²) in [7, 11) is 0. The average molecular weight is 257 g/mol. The zero-order chi connectivity index (χ0) is 10.7. The van der Waals surface area contributed by atoms with Gasteiger partial charge >= 0.3 is 0 Å². The van der Waals surface area contributed by atoms with E-state index < -0.39 is 0 Å². The average Bonchev–Trinajstić information content (AvgIpc) is 2.13. The first-order valence-electron chi connectivity index (χ1n) is 4.50. The van der Waals surface area contributed by atoms with Gasteiger partial charge in [-0.2, -0.15) is 0 Å². The number of rotatable bonds is 3. The molecule has 0 aliphatic carbocycles. The molecular weight excluding hydrogens is 244 g/mol. The molecule has 1 rings (SSSR count).